The van der Waals surface area contributed by atoms with Gasteiger partial charge in [-0.1, -0.05) is 154 Å². The van der Waals surface area contributed by atoms with Crippen LogP contribution in [0.2, 0.25) is 0 Å². The third-order valence-electron chi connectivity index (χ3n) is 13.9. The summed E-state index contributed by atoms with van der Waals surface area (Å²) < 4.78 is 3.28. The Labute approximate surface area is 446 Å². The van der Waals surface area contributed by atoms with E-state index in [0.29, 0.717) is 58.6 Å². The molecule has 0 saturated carbocycles. The van der Waals surface area contributed by atoms with E-state index in [0.717, 1.165) is 111 Å². The molecule has 0 atom stereocenters. The second-order valence-corrected chi connectivity index (χ2v) is 19.1. The number of unbranched alkanes of at least 4 members (excludes halogenated alkanes) is 2. The molecule has 0 amide bonds. The van der Waals surface area contributed by atoms with E-state index in [1.54, 1.807) is 9.13 Å². The number of nitrogens with zero attached hydrogens (tertiary/aromatic N) is 10. The van der Waals surface area contributed by atoms with E-state index in [-0.39, 0.29) is 11.1 Å². The minimum absolute atomic E-state index is 0.0621. The zero-order valence-corrected chi connectivity index (χ0v) is 43.6. The van der Waals surface area contributed by atoms with Gasteiger partial charge in [0.05, 0.1) is 34.1 Å². The van der Waals surface area contributed by atoms with Gasteiger partial charge in [-0.3, -0.25) is 9.59 Å². The Balaban J connectivity index is 0.000000175. The lowest BCUT2D eigenvalue weighted by atomic mass is 9.96. The summed E-state index contributed by atoms with van der Waals surface area (Å²) in [5.41, 5.74) is 12.3. The molecule has 1 N–H and O–H groups in total. The van der Waals surface area contributed by atoms with E-state index in [9.17, 15) is 14.9 Å². The van der Waals surface area contributed by atoms with Crippen molar-refractivity contribution in [3.63, 3.8) is 0 Å². The highest BCUT2D eigenvalue weighted by atomic mass is 16.1. The van der Waals surface area contributed by atoms with Crippen LogP contribution >= 0.6 is 0 Å². The first kappa shape index (κ1) is 51.0. The molecule has 77 heavy (non-hydrogen) atoms. The van der Waals surface area contributed by atoms with Crippen molar-refractivity contribution in [1.82, 2.24) is 49.7 Å². The smallest absolute Gasteiger partial charge is 0.263 e. The molecule has 11 aromatic rings. The van der Waals surface area contributed by atoms with Crippen molar-refractivity contribution in [2.75, 3.05) is 0 Å². The number of benzene rings is 6. The molecule has 0 unspecified atom stereocenters. The van der Waals surface area contributed by atoms with E-state index >= 15 is 0 Å². The molecule has 11 rings (SSSR count). The predicted molar refractivity (Wildman–Crippen MR) is 304 cm³/mol. The van der Waals surface area contributed by atoms with Crippen molar-refractivity contribution in [2.45, 2.75) is 79.1 Å². The zero-order chi connectivity index (χ0) is 53.3. The lowest BCUT2D eigenvalue weighted by molar-refractivity contribution is 0.729. The maximum absolute atomic E-state index is 14.0. The summed E-state index contributed by atoms with van der Waals surface area (Å²) in [4.78, 5) is 47.4. The van der Waals surface area contributed by atoms with Crippen LogP contribution in [0.1, 0.15) is 90.4 Å². The van der Waals surface area contributed by atoms with Crippen LogP contribution in [0, 0.1) is 25.2 Å². The molecule has 0 radical (unpaired) electrons. The van der Waals surface area contributed by atoms with Gasteiger partial charge in [0.2, 0.25) is 5.82 Å². The Morgan fingerprint density at radius 3 is 1.44 bits per heavy atom. The molecular formula is C64H57N11O2. The Morgan fingerprint density at radius 2 is 0.961 bits per heavy atom. The number of H-pyrrole nitrogens is 1. The molecule has 0 aliphatic rings. The summed E-state index contributed by atoms with van der Waals surface area (Å²) >= 11 is 0. The summed E-state index contributed by atoms with van der Waals surface area (Å²) in [6.07, 6.45) is 6.52. The van der Waals surface area contributed by atoms with Gasteiger partial charge in [0.1, 0.15) is 23.3 Å². The summed E-state index contributed by atoms with van der Waals surface area (Å²) in [5, 5.41) is 26.1. The Bertz CT molecular complexity index is 4050. The summed E-state index contributed by atoms with van der Waals surface area (Å²) in [6.45, 7) is 8.05. The molecule has 0 saturated heterocycles. The van der Waals surface area contributed by atoms with Crippen LogP contribution in [0.15, 0.2) is 179 Å². The molecule has 0 spiro atoms. The van der Waals surface area contributed by atoms with Crippen LogP contribution in [0.3, 0.4) is 0 Å². The molecule has 0 bridgehead atoms. The highest BCUT2D eigenvalue weighted by Crippen LogP contribution is 2.31. The molecular weight excluding hydrogens is 955 g/mol. The molecule has 380 valence electrons. The largest absolute Gasteiger partial charge is 0.268 e. The topological polar surface area (TPSA) is 174 Å². The molecule has 6 aromatic carbocycles. The number of para-hydroxylation sites is 2. The number of hydrogen-bond donors (Lipinski definition) is 1. The van der Waals surface area contributed by atoms with Gasteiger partial charge in [-0.2, -0.15) is 10.5 Å². The van der Waals surface area contributed by atoms with Gasteiger partial charge in [0.25, 0.3) is 11.1 Å². The average molecular weight is 1010 g/mol. The van der Waals surface area contributed by atoms with Crippen LogP contribution in [-0.2, 0) is 25.7 Å². The molecule has 13 heteroatoms. The first-order chi connectivity index (χ1) is 37.7. The monoisotopic (exact) mass is 1010 g/mol. The highest BCUT2D eigenvalue weighted by Gasteiger charge is 2.20. The van der Waals surface area contributed by atoms with Crippen LogP contribution in [-0.4, -0.2) is 49.7 Å². The fourth-order valence-corrected chi connectivity index (χ4v) is 9.84. The predicted octanol–water partition coefficient (Wildman–Crippen LogP) is 12.4. The number of tetrazole rings is 1. The van der Waals surface area contributed by atoms with Crippen LogP contribution in [0.4, 0.5) is 0 Å². The Morgan fingerprint density at radius 1 is 0.506 bits per heavy atom. The lowest BCUT2D eigenvalue weighted by Crippen LogP contribution is -2.29. The molecule has 5 heterocycles. The molecule has 5 aromatic heterocycles. The summed E-state index contributed by atoms with van der Waals surface area (Å²) in [7, 11) is 0. The van der Waals surface area contributed by atoms with Crippen molar-refractivity contribution >= 4 is 21.8 Å². The third-order valence-corrected chi connectivity index (χ3v) is 13.9. The maximum atomic E-state index is 14.0. The second kappa shape index (κ2) is 23.3. The first-order valence-corrected chi connectivity index (χ1v) is 26.2. The first-order valence-electron chi connectivity index (χ1n) is 26.2. The van der Waals surface area contributed by atoms with Crippen molar-refractivity contribution in [2.24, 2.45) is 0 Å². The molecule has 0 fully saturated rings. The van der Waals surface area contributed by atoms with Gasteiger partial charge >= 0.3 is 0 Å². The minimum Gasteiger partial charge on any atom is -0.268 e. The zero-order valence-electron chi connectivity index (χ0n) is 43.6. The third kappa shape index (κ3) is 11.1. The number of aromatic nitrogens is 10. The van der Waals surface area contributed by atoms with Crippen molar-refractivity contribution in [3.05, 3.63) is 241 Å². The van der Waals surface area contributed by atoms with Crippen molar-refractivity contribution in [1.29, 1.82) is 5.26 Å². The van der Waals surface area contributed by atoms with Gasteiger partial charge in [0.15, 0.2) is 0 Å². The van der Waals surface area contributed by atoms with E-state index < -0.39 is 0 Å². The molecule has 0 aliphatic carbocycles. The standard InChI is InChI=1S/C32H29N7O.C32H28N4O/c1-3-4-12-29-27(32(40)39(21(2)33-29)30-19-18-24-9-5-8-13-28(24)34-30)20-22-14-16-23(17-15-22)25-10-6-7-11-26(25)31-35-37-38-36-31;1-3-4-12-30-28(20-23-14-16-24(17-15-23)27-11-7-5-10-26(27)21-33)32(37)36(22(2)34-30)31-19-18-25-9-6-8-13-29(25)35-31/h5-11,13-19H,3-4,12,20H2,1-2H3,(H,35,36,37,38);5-11,13-19H,3-4,12,20H2,1-2H3. The SMILES string of the molecule is CCCCc1nc(C)n(-c2ccc3ccccc3n2)c(=O)c1Cc1ccc(-c2ccccc2-c2nn[nH]n2)cc1.CCCCc1nc(C)n(-c2ccc3ccccc3n2)c(=O)c1Cc1ccc(-c2ccccc2C#N)cc1. The number of hydrogen-bond acceptors (Lipinski definition) is 10. The number of rotatable bonds is 15. The summed E-state index contributed by atoms with van der Waals surface area (Å²) in [5.74, 6) is 3.02. The number of nitrogens with one attached hydrogen (secondary N) is 1. The highest BCUT2D eigenvalue weighted by molar-refractivity contribution is 5.81. The van der Waals surface area contributed by atoms with E-state index in [2.05, 4.69) is 64.8 Å². The van der Waals surface area contributed by atoms with Gasteiger partial charge in [-0.05, 0) is 121 Å². The van der Waals surface area contributed by atoms with Crippen molar-refractivity contribution in [3.8, 4) is 51.3 Å². The fraction of sp³-hybridized carbons (Fsp3) is 0.188. The summed E-state index contributed by atoms with van der Waals surface area (Å²) in [6, 6.07) is 57.8. The average Bonchev–Trinajstić information content (AvgIpc) is 4.04. The maximum Gasteiger partial charge on any atom is 0.263 e. The number of fused-ring (bicyclic) bond motifs is 2. The fourth-order valence-electron chi connectivity index (χ4n) is 9.84. The van der Waals surface area contributed by atoms with Crippen molar-refractivity contribution < 1.29 is 0 Å². The Kier molecular flexibility index (Phi) is 15.4. The molecule has 0 aliphatic heterocycles. The number of pyridine rings is 2. The van der Waals surface area contributed by atoms with Gasteiger partial charge in [-0.25, -0.2) is 29.1 Å². The van der Waals surface area contributed by atoms with Gasteiger partial charge < -0.3 is 0 Å². The second-order valence-electron chi connectivity index (χ2n) is 19.1. The lowest BCUT2D eigenvalue weighted by Gasteiger charge is -2.16. The molecule has 13 nitrogen and oxygen atoms in total. The van der Waals surface area contributed by atoms with E-state index in [1.807, 2.05) is 159 Å². The van der Waals surface area contributed by atoms with E-state index in [1.165, 1.54) is 0 Å². The van der Waals surface area contributed by atoms with Crippen LogP contribution in [0.5, 0.6) is 0 Å². The van der Waals surface area contributed by atoms with Gasteiger partial charge in [-0.15, -0.1) is 10.2 Å². The number of nitriles is 1. The quantitative estimate of drug-likeness (QED) is 0.104. The van der Waals surface area contributed by atoms with Crippen LogP contribution < -0.4 is 11.1 Å². The normalized spacial score (nSPS) is 11.1. The Hall–Kier alpha value is -9.54. The minimum atomic E-state index is -0.0692. The van der Waals surface area contributed by atoms with Crippen LogP contribution in [0.25, 0.3) is 67.1 Å². The number of aromatic amines is 1. The number of aryl methyl sites for hydroxylation is 4. The van der Waals surface area contributed by atoms with E-state index in [4.69, 9.17) is 19.9 Å². The van der Waals surface area contributed by atoms with Gasteiger partial charge in [0, 0.05) is 40.3 Å².